The summed E-state index contributed by atoms with van der Waals surface area (Å²) >= 11 is 0. The van der Waals surface area contributed by atoms with Gasteiger partial charge >= 0.3 is 0 Å². The quantitative estimate of drug-likeness (QED) is 0.781. The van der Waals surface area contributed by atoms with Crippen LogP contribution in [0.1, 0.15) is 19.4 Å². The van der Waals surface area contributed by atoms with E-state index >= 15 is 0 Å². The Morgan fingerprint density at radius 2 is 1.95 bits per heavy atom. The Hall–Kier alpha value is -1.26. The van der Waals surface area contributed by atoms with Gasteiger partial charge in [-0.15, -0.1) is 0 Å². The van der Waals surface area contributed by atoms with E-state index in [4.69, 9.17) is 9.47 Å². The Morgan fingerprint density at radius 1 is 1.21 bits per heavy atom. The van der Waals surface area contributed by atoms with E-state index in [1.54, 1.807) is 7.11 Å². The van der Waals surface area contributed by atoms with Crippen LogP contribution in [0.4, 0.5) is 0 Å². The molecule has 1 aromatic rings. The highest BCUT2D eigenvalue weighted by atomic mass is 16.5. The highest BCUT2D eigenvalue weighted by Gasteiger charge is 2.06. The fourth-order valence-corrected chi connectivity index (χ4v) is 1.60. The standard InChI is InChI=1S/C15H26N2O2/c1-12(2)16-11-13-6-7-14(18-5)15(10-13)19-9-8-17(3)4/h6-7,10,12,16H,8-9,11H2,1-5H3. The largest absolute Gasteiger partial charge is 0.493 e. The maximum atomic E-state index is 5.79. The molecule has 0 aliphatic heterocycles. The van der Waals surface area contributed by atoms with Crippen molar-refractivity contribution in [2.75, 3.05) is 34.4 Å². The maximum Gasteiger partial charge on any atom is 0.161 e. The molecule has 0 aliphatic rings. The molecule has 4 heteroatoms. The monoisotopic (exact) mass is 266 g/mol. The Bertz CT molecular complexity index is 378. The van der Waals surface area contributed by atoms with E-state index in [2.05, 4.69) is 30.1 Å². The third kappa shape index (κ3) is 5.94. The lowest BCUT2D eigenvalue weighted by molar-refractivity contribution is 0.250. The average molecular weight is 266 g/mol. The highest BCUT2D eigenvalue weighted by molar-refractivity contribution is 5.42. The van der Waals surface area contributed by atoms with Gasteiger partial charge in [0.05, 0.1) is 7.11 Å². The molecule has 19 heavy (non-hydrogen) atoms. The molecule has 0 fully saturated rings. The molecule has 0 bridgehead atoms. The van der Waals surface area contributed by atoms with Crippen LogP contribution in [-0.4, -0.2) is 45.3 Å². The van der Waals surface area contributed by atoms with Gasteiger partial charge in [0, 0.05) is 19.1 Å². The minimum atomic E-state index is 0.472. The van der Waals surface area contributed by atoms with Crippen molar-refractivity contribution < 1.29 is 9.47 Å². The van der Waals surface area contributed by atoms with Crippen LogP contribution in [-0.2, 0) is 6.54 Å². The maximum absolute atomic E-state index is 5.79. The molecule has 1 rings (SSSR count). The molecule has 0 unspecified atom stereocenters. The Labute approximate surface area is 116 Å². The van der Waals surface area contributed by atoms with Crippen molar-refractivity contribution >= 4 is 0 Å². The van der Waals surface area contributed by atoms with E-state index in [1.165, 1.54) is 5.56 Å². The Balaban J connectivity index is 2.66. The van der Waals surface area contributed by atoms with Gasteiger partial charge in [-0.2, -0.15) is 0 Å². The van der Waals surface area contributed by atoms with Gasteiger partial charge in [0.15, 0.2) is 11.5 Å². The number of benzene rings is 1. The smallest absolute Gasteiger partial charge is 0.161 e. The van der Waals surface area contributed by atoms with Crippen LogP contribution in [0, 0.1) is 0 Å². The van der Waals surface area contributed by atoms with Gasteiger partial charge in [0.25, 0.3) is 0 Å². The minimum Gasteiger partial charge on any atom is -0.493 e. The molecule has 0 aromatic heterocycles. The van der Waals surface area contributed by atoms with Crippen LogP contribution in [0.15, 0.2) is 18.2 Å². The first kappa shape index (κ1) is 15.8. The predicted octanol–water partition coefficient (Wildman–Crippen LogP) is 2.13. The number of rotatable bonds is 8. The van der Waals surface area contributed by atoms with Crippen LogP contribution >= 0.6 is 0 Å². The van der Waals surface area contributed by atoms with Crippen molar-refractivity contribution in [3.05, 3.63) is 23.8 Å². The lowest BCUT2D eigenvalue weighted by Gasteiger charge is -2.15. The third-order valence-electron chi connectivity index (χ3n) is 2.74. The molecule has 0 atom stereocenters. The number of hydrogen-bond donors (Lipinski definition) is 1. The summed E-state index contributed by atoms with van der Waals surface area (Å²) in [6.45, 7) is 6.66. The summed E-state index contributed by atoms with van der Waals surface area (Å²) in [5, 5.41) is 3.40. The van der Waals surface area contributed by atoms with Crippen LogP contribution in [0.5, 0.6) is 11.5 Å². The first-order valence-corrected chi connectivity index (χ1v) is 6.70. The van der Waals surface area contributed by atoms with Crippen LogP contribution in [0.3, 0.4) is 0 Å². The normalized spacial score (nSPS) is 11.1. The van der Waals surface area contributed by atoms with Crippen molar-refractivity contribution in [1.82, 2.24) is 10.2 Å². The lowest BCUT2D eigenvalue weighted by atomic mass is 10.2. The fraction of sp³-hybridized carbons (Fsp3) is 0.600. The molecule has 0 amide bonds. The van der Waals surface area contributed by atoms with Crippen LogP contribution in [0.25, 0.3) is 0 Å². The van der Waals surface area contributed by atoms with Crippen molar-refractivity contribution in [1.29, 1.82) is 0 Å². The molecule has 0 radical (unpaired) electrons. The van der Waals surface area contributed by atoms with Gasteiger partial charge in [0.2, 0.25) is 0 Å². The van der Waals surface area contributed by atoms with Crippen molar-refractivity contribution in [2.45, 2.75) is 26.4 Å². The number of methoxy groups -OCH3 is 1. The summed E-state index contributed by atoms with van der Waals surface area (Å²) in [7, 11) is 5.73. The van der Waals surface area contributed by atoms with Gasteiger partial charge in [-0.1, -0.05) is 19.9 Å². The van der Waals surface area contributed by atoms with E-state index in [0.717, 1.165) is 24.6 Å². The fourth-order valence-electron chi connectivity index (χ4n) is 1.60. The topological polar surface area (TPSA) is 33.7 Å². The third-order valence-corrected chi connectivity index (χ3v) is 2.74. The minimum absolute atomic E-state index is 0.472. The zero-order valence-corrected chi connectivity index (χ0v) is 12.7. The van der Waals surface area contributed by atoms with Crippen molar-refractivity contribution in [3.63, 3.8) is 0 Å². The van der Waals surface area contributed by atoms with Crippen LogP contribution in [0.2, 0.25) is 0 Å². The molecule has 0 heterocycles. The average Bonchev–Trinajstić information content (AvgIpc) is 2.36. The molecule has 0 spiro atoms. The van der Waals surface area contributed by atoms with E-state index in [-0.39, 0.29) is 0 Å². The summed E-state index contributed by atoms with van der Waals surface area (Å²) in [6, 6.07) is 6.54. The molecular weight excluding hydrogens is 240 g/mol. The zero-order chi connectivity index (χ0) is 14.3. The summed E-state index contributed by atoms with van der Waals surface area (Å²) in [4.78, 5) is 2.09. The summed E-state index contributed by atoms with van der Waals surface area (Å²) in [6.07, 6.45) is 0. The number of likely N-dealkylation sites (N-methyl/N-ethyl adjacent to an activating group) is 1. The molecule has 4 nitrogen and oxygen atoms in total. The van der Waals surface area contributed by atoms with E-state index in [9.17, 15) is 0 Å². The molecule has 1 aromatic carbocycles. The molecule has 1 N–H and O–H groups in total. The highest BCUT2D eigenvalue weighted by Crippen LogP contribution is 2.28. The molecular formula is C15H26N2O2. The van der Waals surface area contributed by atoms with Gasteiger partial charge in [0.1, 0.15) is 6.61 Å². The van der Waals surface area contributed by atoms with Gasteiger partial charge in [-0.3, -0.25) is 0 Å². The van der Waals surface area contributed by atoms with Crippen LogP contribution < -0.4 is 14.8 Å². The van der Waals surface area contributed by atoms with E-state index in [1.807, 2.05) is 26.2 Å². The second kappa shape index (κ2) is 8.02. The SMILES string of the molecule is COc1ccc(CNC(C)C)cc1OCCN(C)C. The lowest BCUT2D eigenvalue weighted by Crippen LogP contribution is -2.22. The first-order valence-electron chi connectivity index (χ1n) is 6.70. The second-order valence-electron chi connectivity index (χ2n) is 5.17. The molecule has 0 saturated heterocycles. The van der Waals surface area contributed by atoms with Crippen molar-refractivity contribution in [3.8, 4) is 11.5 Å². The first-order chi connectivity index (χ1) is 9.02. The van der Waals surface area contributed by atoms with E-state index < -0.39 is 0 Å². The molecule has 108 valence electrons. The number of nitrogens with zero attached hydrogens (tertiary/aromatic N) is 1. The van der Waals surface area contributed by atoms with E-state index in [0.29, 0.717) is 12.6 Å². The van der Waals surface area contributed by atoms with Gasteiger partial charge < -0.3 is 19.7 Å². The summed E-state index contributed by atoms with van der Waals surface area (Å²) < 4.78 is 11.1. The second-order valence-corrected chi connectivity index (χ2v) is 5.17. The van der Waals surface area contributed by atoms with Gasteiger partial charge in [-0.05, 0) is 31.8 Å². The summed E-state index contributed by atoms with van der Waals surface area (Å²) in [5.41, 5.74) is 1.20. The number of ether oxygens (including phenoxy) is 2. The molecule has 0 saturated carbocycles. The Morgan fingerprint density at radius 3 is 2.53 bits per heavy atom. The molecule has 0 aliphatic carbocycles. The Kier molecular flexibility index (Phi) is 6.67. The zero-order valence-electron chi connectivity index (χ0n) is 12.7. The van der Waals surface area contributed by atoms with Gasteiger partial charge in [-0.25, -0.2) is 0 Å². The summed E-state index contributed by atoms with van der Waals surface area (Å²) in [5.74, 6) is 1.60. The number of nitrogens with one attached hydrogen (secondary N) is 1. The van der Waals surface area contributed by atoms with Crippen molar-refractivity contribution in [2.24, 2.45) is 0 Å². The predicted molar refractivity (Wildman–Crippen MR) is 79.0 cm³/mol. The number of hydrogen-bond acceptors (Lipinski definition) is 4.